The Hall–Kier alpha value is -2.04. The fourth-order valence-electron chi connectivity index (χ4n) is 2.43. The first kappa shape index (κ1) is 14.4. The number of carbonyl (C=O) groups excluding carboxylic acids is 2. The highest BCUT2D eigenvalue weighted by molar-refractivity contribution is 5.91. The van der Waals surface area contributed by atoms with Crippen molar-refractivity contribution in [1.82, 2.24) is 10.2 Å². The standard InChI is InChI=1S/C15H21N3O2/c1-10(2)17-14(19)9-18(3)15(20)12-8-16-13-7-5-4-6-11(12)13/h4-7,10,12,16H,8-9H2,1-3H3,(H,17,19). The Morgan fingerprint density at radius 2 is 2.10 bits per heavy atom. The molecule has 2 rings (SSSR count). The SMILES string of the molecule is CC(C)NC(=O)CN(C)C(=O)C1CNc2ccccc21. The van der Waals surface area contributed by atoms with E-state index in [-0.39, 0.29) is 30.3 Å². The van der Waals surface area contributed by atoms with Crippen molar-refractivity contribution in [3.63, 3.8) is 0 Å². The summed E-state index contributed by atoms with van der Waals surface area (Å²) >= 11 is 0. The van der Waals surface area contributed by atoms with Crippen LogP contribution >= 0.6 is 0 Å². The maximum Gasteiger partial charge on any atom is 0.239 e. The van der Waals surface area contributed by atoms with Gasteiger partial charge in [0.05, 0.1) is 12.5 Å². The first-order valence-corrected chi connectivity index (χ1v) is 6.86. The van der Waals surface area contributed by atoms with Gasteiger partial charge in [-0.3, -0.25) is 9.59 Å². The second-order valence-electron chi connectivity index (χ2n) is 5.44. The number of hydrogen-bond donors (Lipinski definition) is 2. The monoisotopic (exact) mass is 275 g/mol. The second-order valence-corrected chi connectivity index (χ2v) is 5.44. The number of carbonyl (C=O) groups is 2. The normalized spacial score (nSPS) is 16.5. The average molecular weight is 275 g/mol. The van der Waals surface area contributed by atoms with E-state index >= 15 is 0 Å². The lowest BCUT2D eigenvalue weighted by Crippen LogP contribution is -2.42. The van der Waals surface area contributed by atoms with E-state index in [0.717, 1.165) is 11.3 Å². The van der Waals surface area contributed by atoms with Gasteiger partial charge in [0.25, 0.3) is 0 Å². The highest BCUT2D eigenvalue weighted by atomic mass is 16.2. The predicted molar refractivity (Wildman–Crippen MR) is 78.6 cm³/mol. The molecule has 1 atom stereocenters. The third kappa shape index (κ3) is 3.10. The Labute approximate surface area is 119 Å². The van der Waals surface area contributed by atoms with Crippen molar-refractivity contribution in [1.29, 1.82) is 0 Å². The Morgan fingerprint density at radius 1 is 1.40 bits per heavy atom. The average Bonchev–Trinajstić information content (AvgIpc) is 2.80. The molecule has 0 radical (unpaired) electrons. The van der Waals surface area contributed by atoms with E-state index < -0.39 is 0 Å². The lowest BCUT2D eigenvalue weighted by atomic mass is 10.00. The van der Waals surface area contributed by atoms with Crippen LogP contribution in [-0.2, 0) is 9.59 Å². The Kier molecular flexibility index (Phi) is 4.27. The molecule has 0 bridgehead atoms. The fourth-order valence-corrected chi connectivity index (χ4v) is 2.43. The molecule has 1 aliphatic heterocycles. The summed E-state index contributed by atoms with van der Waals surface area (Å²) in [7, 11) is 1.67. The molecule has 20 heavy (non-hydrogen) atoms. The van der Waals surface area contributed by atoms with Crippen LogP contribution in [0, 0.1) is 0 Å². The molecule has 1 unspecified atom stereocenters. The summed E-state index contributed by atoms with van der Waals surface area (Å²) in [5.74, 6) is -0.362. The first-order chi connectivity index (χ1) is 9.49. The fraction of sp³-hybridized carbons (Fsp3) is 0.467. The van der Waals surface area contributed by atoms with Crippen molar-refractivity contribution >= 4 is 17.5 Å². The number of nitrogens with one attached hydrogen (secondary N) is 2. The quantitative estimate of drug-likeness (QED) is 0.867. The molecule has 0 aliphatic carbocycles. The molecule has 0 spiro atoms. The minimum atomic E-state index is -0.206. The third-order valence-corrected chi connectivity index (χ3v) is 3.34. The predicted octanol–water partition coefficient (Wildman–Crippen LogP) is 1.18. The van der Waals surface area contributed by atoms with Gasteiger partial charge in [-0.2, -0.15) is 0 Å². The lowest BCUT2D eigenvalue weighted by molar-refractivity contribution is -0.135. The van der Waals surface area contributed by atoms with E-state index in [1.165, 1.54) is 4.90 Å². The summed E-state index contributed by atoms with van der Waals surface area (Å²) in [4.78, 5) is 25.6. The van der Waals surface area contributed by atoms with Crippen LogP contribution in [0.3, 0.4) is 0 Å². The maximum atomic E-state index is 12.4. The van der Waals surface area contributed by atoms with Crippen LogP contribution in [0.25, 0.3) is 0 Å². The number of rotatable bonds is 4. The first-order valence-electron chi connectivity index (χ1n) is 6.86. The highest BCUT2D eigenvalue weighted by Gasteiger charge is 2.30. The number of para-hydroxylation sites is 1. The zero-order valence-corrected chi connectivity index (χ0v) is 12.1. The van der Waals surface area contributed by atoms with Gasteiger partial charge in [-0.25, -0.2) is 0 Å². The summed E-state index contributed by atoms with van der Waals surface area (Å²) in [6, 6.07) is 7.88. The Morgan fingerprint density at radius 3 is 2.80 bits per heavy atom. The van der Waals surface area contributed by atoms with E-state index in [1.807, 2.05) is 38.1 Å². The van der Waals surface area contributed by atoms with E-state index in [4.69, 9.17) is 0 Å². The van der Waals surface area contributed by atoms with Crippen LogP contribution < -0.4 is 10.6 Å². The van der Waals surface area contributed by atoms with Crippen molar-refractivity contribution in [3.05, 3.63) is 29.8 Å². The van der Waals surface area contributed by atoms with Crippen LogP contribution in [-0.4, -0.2) is 42.9 Å². The zero-order valence-electron chi connectivity index (χ0n) is 12.1. The van der Waals surface area contributed by atoms with Gasteiger partial charge < -0.3 is 15.5 Å². The second kappa shape index (κ2) is 5.94. The van der Waals surface area contributed by atoms with Crippen LogP contribution in [0.2, 0.25) is 0 Å². The molecule has 1 aromatic rings. The topological polar surface area (TPSA) is 61.4 Å². The van der Waals surface area contributed by atoms with E-state index in [2.05, 4.69) is 10.6 Å². The summed E-state index contributed by atoms with van der Waals surface area (Å²) in [6.45, 7) is 4.48. The van der Waals surface area contributed by atoms with Crippen molar-refractivity contribution < 1.29 is 9.59 Å². The van der Waals surface area contributed by atoms with Gasteiger partial charge in [0.1, 0.15) is 0 Å². The van der Waals surface area contributed by atoms with E-state index in [9.17, 15) is 9.59 Å². The highest BCUT2D eigenvalue weighted by Crippen LogP contribution is 2.31. The molecule has 0 aromatic heterocycles. The smallest absolute Gasteiger partial charge is 0.239 e. The van der Waals surface area contributed by atoms with Gasteiger partial charge in [-0.15, -0.1) is 0 Å². The lowest BCUT2D eigenvalue weighted by Gasteiger charge is -2.21. The van der Waals surface area contributed by atoms with E-state index in [1.54, 1.807) is 7.05 Å². The van der Waals surface area contributed by atoms with Gasteiger partial charge in [0, 0.05) is 25.3 Å². The van der Waals surface area contributed by atoms with Crippen LogP contribution in [0.1, 0.15) is 25.3 Å². The summed E-state index contributed by atoms with van der Waals surface area (Å²) in [5.41, 5.74) is 2.01. The van der Waals surface area contributed by atoms with Gasteiger partial charge in [-0.1, -0.05) is 18.2 Å². The number of amides is 2. The number of benzene rings is 1. The third-order valence-electron chi connectivity index (χ3n) is 3.34. The molecular formula is C15H21N3O2. The number of fused-ring (bicyclic) bond motifs is 1. The van der Waals surface area contributed by atoms with Crippen molar-refractivity contribution in [3.8, 4) is 0 Å². The van der Waals surface area contributed by atoms with Crippen molar-refractivity contribution in [2.75, 3.05) is 25.5 Å². The molecular weight excluding hydrogens is 254 g/mol. The maximum absolute atomic E-state index is 12.4. The number of hydrogen-bond acceptors (Lipinski definition) is 3. The van der Waals surface area contributed by atoms with Crippen molar-refractivity contribution in [2.45, 2.75) is 25.8 Å². The molecule has 5 nitrogen and oxygen atoms in total. The zero-order chi connectivity index (χ0) is 14.7. The molecule has 1 aromatic carbocycles. The summed E-state index contributed by atoms with van der Waals surface area (Å²) in [6.07, 6.45) is 0. The summed E-state index contributed by atoms with van der Waals surface area (Å²) < 4.78 is 0. The van der Waals surface area contributed by atoms with Crippen LogP contribution in [0.5, 0.6) is 0 Å². The van der Waals surface area contributed by atoms with Crippen LogP contribution in [0.4, 0.5) is 5.69 Å². The van der Waals surface area contributed by atoms with Gasteiger partial charge in [-0.05, 0) is 25.5 Å². The number of anilines is 1. The Bertz CT molecular complexity index is 514. The molecule has 2 N–H and O–H groups in total. The largest absolute Gasteiger partial charge is 0.384 e. The Balaban J connectivity index is 2.00. The minimum absolute atomic E-state index is 0.0265. The molecule has 5 heteroatoms. The molecule has 1 aliphatic rings. The molecule has 0 saturated carbocycles. The molecule has 1 heterocycles. The molecule has 108 valence electrons. The van der Waals surface area contributed by atoms with Gasteiger partial charge in [0.2, 0.25) is 11.8 Å². The summed E-state index contributed by atoms with van der Waals surface area (Å²) in [5, 5.41) is 6.01. The number of nitrogens with zero attached hydrogens (tertiary/aromatic N) is 1. The molecule has 2 amide bonds. The van der Waals surface area contributed by atoms with Crippen molar-refractivity contribution in [2.24, 2.45) is 0 Å². The molecule has 0 fully saturated rings. The van der Waals surface area contributed by atoms with Gasteiger partial charge in [0.15, 0.2) is 0 Å². The minimum Gasteiger partial charge on any atom is -0.384 e. The van der Waals surface area contributed by atoms with E-state index in [0.29, 0.717) is 6.54 Å². The van der Waals surface area contributed by atoms with Crippen LogP contribution in [0.15, 0.2) is 24.3 Å². The number of likely N-dealkylation sites (N-methyl/N-ethyl adjacent to an activating group) is 1. The van der Waals surface area contributed by atoms with Gasteiger partial charge >= 0.3 is 0 Å². The molecule has 0 saturated heterocycles.